The highest BCUT2D eigenvalue weighted by Crippen LogP contribution is 2.29. The van der Waals surface area contributed by atoms with Gasteiger partial charge in [0.15, 0.2) is 11.5 Å². The summed E-state index contributed by atoms with van der Waals surface area (Å²) >= 11 is 0. The van der Waals surface area contributed by atoms with Gasteiger partial charge >= 0.3 is 0 Å². The topological polar surface area (TPSA) is 41.5 Å². The van der Waals surface area contributed by atoms with E-state index in [0.717, 1.165) is 6.07 Å². The number of ether oxygens (including phenoxy) is 1. The second-order valence-electron chi connectivity index (χ2n) is 4.67. The Bertz CT molecular complexity index is 597. The van der Waals surface area contributed by atoms with Crippen LogP contribution in [-0.4, -0.2) is 18.8 Å². The summed E-state index contributed by atoms with van der Waals surface area (Å²) in [5.74, 6) is -0.628. The lowest BCUT2D eigenvalue weighted by atomic mass is 10.1. The third-order valence-corrected chi connectivity index (χ3v) is 3.13. The van der Waals surface area contributed by atoms with Gasteiger partial charge in [-0.25, -0.2) is 8.78 Å². The third-order valence-electron chi connectivity index (χ3n) is 3.13. The SMILES string of the molecule is COc1cccc(CNCCc2cc(F)cc(F)c2)c1O. The van der Waals surface area contributed by atoms with Gasteiger partial charge in [-0.1, -0.05) is 12.1 Å². The number of rotatable bonds is 6. The van der Waals surface area contributed by atoms with Gasteiger partial charge in [0.1, 0.15) is 11.6 Å². The Hall–Kier alpha value is -2.14. The molecule has 2 rings (SSSR count). The molecule has 0 spiro atoms. The van der Waals surface area contributed by atoms with Crippen LogP contribution in [0.1, 0.15) is 11.1 Å². The molecule has 5 heteroatoms. The number of methoxy groups -OCH3 is 1. The van der Waals surface area contributed by atoms with E-state index in [4.69, 9.17) is 4.74 Å². The maximum absolute atomic E-state index is 13.0. The summed E-state index contributed by atoms with van der Waals surface area (Å²) in [4.78, 5) is 0. The average molecular weight is 293 g/mol. The van der Waals surface area contributed by atoms with Gasteiger partial charge in [0.25, 0.3) is 0 Å². The van der Waals surface area contributed by atoms with E-state index < -0.39 is 11.6 Å². The molecule has 0 unspecified atom stereocenters. The van der Waals surface area contributed by atoms with Crippen molar-refractivity contribution in [1.29, 1.82) is 0 Å². The van der Waals surface area contributed by atoms with E-state index >= 15 is 0 Å². The monoisotopic (exact) mass is 293 g/mol. The summed E-state index contributed by atoms with van der Waals surface area (Å²) < 4.78 is 31.1. The highest BCUT2D eigenvalue weighted by Gasteiger charge is 2.06. The molecule has 0 atom stereocenters. The molecule has 2 aromatic rings. The fourth-order valence-electron chi connectivity index (χ4n) is 2.09. The molecule has 2 N–H and O–H groups in total. The molecule has 0 heterocycles. The molecule has 0 bridgehead atoms. The first-order valence-corrected chi connectivity index (χ1v) is 6.60. The molecule has 3 nitrogen and oxygen atoms in total. The van der Waals surface area contributed by atoms with Crippen LogP contribution in [0.15, 0.2) is 36.4 Å². The molecule has 0 amide bonds. The zero-order chi connectivity index (χ0) is 15.2. The van der Waals surface area contributed by atoms with Crippen molar-refractivity contribution in [3.63, 3.8) is 0 Å². The minimum Gasteiger partial charge on any atom is -0.504 e. The van der Waals surface area contributed by atoms with Gasteiger partial charge in [0.05, 0.1) is 7.11 Å². The summed E-state index contributed by atoms with van der Waals surface area (Å²) in [6.45, 7) is 0.986. The number of hydrogen-bond acceptors (Lipinski definition) is 3. The largest absolute Gasteiger partial charge is 0.504 e. The molecule has 0 saturated heterocycles. The number of phenolic OH excluding ortho intramolecular Hbond substituents is 1. The number of aromatic hydroxyl groups is 1. The van der Waals surface area contributed by atoms with Crippen molar-refractivity contribution in [3.05, 3.63) is 59.2 Å². The van der Waals surface area contributed by atoms with Crippen molar-refractivity contribution in [2.24, 2.45) is 0 Å². The third kappa shape index (κ3) is 4.16. The zero-order valence-corrected chi connectivity index (χ0v) is 11.7. The van der Waals surface area contributed by atoms with Crippen LogP contribution in [0.4, 0.5) is 8.78 Å². The van der Waals surface area contributed by atoms with Gasteiger partial charge in [-0.15, -0.1) is 0 Å². The Morgan fingerprint density at radius 2 is 1.86 bits per heavy atom. The molecule has 0 saturated carbocycles. The summed E-state index contributed by atoms with van der Waals surface area (Å²) in [5.41, 5.74) is 1.30. The van der Waals surface area contributed by atoms with E-state index in [0.29, 0.717) is 36.4 Å². The molecular formula is C16H17F2NO2. The first-order chi connectivity index (χ1) is 10.1. The van der Waals surface area contributed by atoms with Crippen LogP contribution in [0.3, 0.4) is 0 Å². The molecule has 0 aromatic heterocycles. The molecule has 0 aliphatic heterocycles. The number of benzene rings is 2. The lowest BCUT2D eigenvalue weighted by Gasteiger charge is -2.10. The van der Waals surface area contributed by atoms with Gasteiger partial charge in [-0.2, -0.15) is 0 Å². The molecule has 112 valence electrons. The Balaban J connectivity index is 1.87. The van der Waals surface area contributed by atoms with Crippen LogP contribution in [0.25, 0.3) is 0 Å². The van der Waals surface area contributed by atoms with Crippen LogP contribution in [0, 0.1) is 11.6 Å². The number of hydrogen-bond donors (Lipinski definition) is 2. The average Bonchev–Trinajstić information content (AvgIpc) is 2.44. The van der Waals surface area contributed by atoms with E-state index in [1.165, 1.54) is 19.2 Å². The normalized spacial score (nSPS) is 10.6. The van der Waals surface area contributed by atoms with Crippen LogP contribution < -0.4 is 10.1 Å². The summed E-state index contributed by atoms with van der Waals surface area (Å²) in [7, 11) is 1.49. The van der Waals surface area contributed by atoms with Crippen LogP contribution in [0.5, 0.6) is 11.5 Å². The fraction of sp³-hybridized carbons (Fsp3) is 0.250. The molecule has 21 heavy (non-hydrogen) atoms. The summed E-state index contributed by atoms with van der Waals surface area (Å²) in [6.07, 6.45) is 0.499. The number of halogens is 2. The highest BCUT2D eigenvalue weighted by atomic mass is 19.1. The smallest absolute Gasteiger partial charge is 0.162 e. The molecule has 0 aliphatic carbocycles. The van der Waals surface area contributed by atoms with Crippen LogP contribution in [0.2, 0.25) is 0 Å². The molecule has 0 aliphatic rings. The Morgan fingerprint density at radius 3 is 2.52 bits per heavy atom. The second-order valence-corrected chi connectivity index (χ2v) is 4.67. The first kappa shape index (κ1) is 15.3. The van der Waals surface area contributed by atoms with E-state index in [-0.39, 0.29) is 5.75 Å². The summed E-state index contributed by atoms with van der Waals surface area (Å²) in [6, 6.07) is 8.73. The predicted octanol–water partition coefficient (Wildman–Crippen LogP) is 3.01. The maximum Gasteiger partial charge on any atom is 0.162 e. The molecule has 2 aromatic carbocycles. The minimum absolute atomic E-state index is 0.101. The highest BCUT2D eigenvalue weighted by molar-refractivity contribution is 5.45. The van der Waals surface area contributed by atoms with Gasteiger partial charge in [0.2, 0.25) is 0 Å². The second kappa shape index (κ2) is 7.04. The molecule has 0 fully saturated rings. The van der Waals surface area contributed by atoms with Crippen molar-refractivity contribution in [2.45, 2.75) is 13.0 Å². The van der Waals surface area contributed by atoms with Gasteiger partial charge in [0, 0.05) is 18.2 Å². The van der Waals surface area contributed by atoms with Crippen molar-refractivity contribution in [2.75, 3.05) is 13.7 Å². The molecule has 0 radical (unpaired) electrons. The van der Waals surface area contributed by atoms with Crippen molar-refractivity contribution >= 4 is 0 Å². The first-order valence-electron chi connectivity index (χ1n) is 6.60. The van der Waals surface area contributed by atoms with Crippen molar-refractivity contribution < 1.29 is 18.6 Å². The lowest BCUT2D eigenvalue weighted by Crippen LogP contribution is -2.17. The number of para-hydroxylation sites is 1. The number of phenols is 1. The summed E-state index contributed by atoms with van der Waals surface area (Å²) in [5, 5.41) is 13.0. The quantitative estimate of drug-likeness (QED) is 0.804. The van der Waals surface area contributed by atoms with E-state index in [9.17, 15) is 13.9 Å². The lowest BCUT2D eigenvalue weighted by molar-refractivity contribution is 0.369. The maximum atomic E-state index is 13.0. The zero-order valence-electron chi connectivity index (χ0n) is 11.7. The standard InChI is InChI=1S/C16H17F2NO2/c1-21-15-4-2-3-12(16(15)20)10-19-6-5-11-7-13(17)9-14(18)8-11/h2-4,7-9,19-20H,5-6,10H2,1H3. The number of nitrogens with one attached hydrogen (secondary N) is 1. The van der Waals surface area contributed by atoms with Crippen molar-refractivity contribution in [1.82, 2.24) is 5.32 Å². The Kier molecular flexibility index (Phi) is 5.11. The van der Waals surface area contributed by atoms with Crippen LogP contribution in [-0.2, 0) is 13.0 Å². The van der Waals surface area contributed by atoms with E-state index in [1.54, 1.807) is 18.2 Å². The van der Waals surface area contributed by atoms with E-state index in [2.05, 4.69) is 5.32 Å². The van der Waals surface area contributed by atoms with Crippen molar-refractivity contribution in [3.8, 4) is 11.5 Å². The van der Waals surface area contributed by atoms with Gasteiger partial charge in [-0.05, 0) is 36.7 Å². The Morgan fingerprint density at radius 1 is 1.14 bits per heavy atom. The van der Waals surface area contributed by atoms with E-state index in [1.807, 2.05) is 0 Å². The van der Waals surface area contributed by atoms with Crippen LogP contribution >= 0.6 is 0 Å². The fourth-order valence-corrected chi connectivity index (χ4v) is 2.09. The predicted molar refractivity (Wildman–Crippen MR) is 76.4 cm³/mol. The minimum atomic E-state index is -0.574. The Labute approximate surface area is 122 Å². The van der Waals surface area contributed by atoms with Gasteiger partial charge in [-0.3, -0.25) is 0 Å². The molecular weight excluding hydrogens is 276 g/mol. The van der Waals surface area contributed by atoms with Gasteiger partial charge < -0.3 is 15.2 Å².